The lowest BCUT2D eigenvalue weighted by atomic mass is 9.53. The molecule has 5 nitrogen and oxygen atoms in total. The van der Waals surface area contributed by atoms with Crippen LogP contribution in [-0.4, -0.2) is 34.1 Å². The van der Waals surface area contributed by atoms with Gasteiger partial charge in [0.15, 0.2) is 0 Å². The first-order valence-corrected chi connectivity index (χ1v) is 10.8. The van der Waals surface area contributed by atoms with Crippen molar-refractivity contribution in [3.05, 3.63) is 34.2 Å². The Morgan fingerprint density at radius 1 is 0.926 bits per heavy atom. The van der Waals surface area contributed by atoms with Gasteiger partial charge in [0, 0.05) is 42.9 Å². The smallest absolute Gasteiger partial charge is 0.317 e. The van der Waals surface area contributed by atoms with Gasteiger partial charge in [-0.2, -0.15) is 0 Å². The minimum absolute atomic E-state index is 0.0766. The van der Waals surface area contributed by atoms with Crippen LogP contribution in [0.3, 0.4) is 0 Å². The van der Waals surface area contributed by atoms with Crippen LogP contribution in [0.25, 0.3) is 0 Å². The number of amides is 2. The van der Waals surface area contributed by atoms with Gasteiger partial charge >= 0.3 is 6.03 Å². The van der Waals surface area contributed by atoms with E-state index in [1.54, 1.807) is 6.07 Å². The summed E-state index contributed by atoms with van der Waals surface area (Å²) in [5.74, 6) is 3.23. The number of carbonyl (C=O) groups excluding carboxylic acids is 1. The molecule has 3 heterocycles. The van der Waals surface area contributed by atoms with Crippen LogP contribution in [0.2, 0.25) is 0 Å². The third-order valence-corrected chi connectivity index (χ3v) is 8.18. The molecule has 2 aliphatic heterocycles. The molecule has 144 valence electrons. The molecule has 0 aromatic carbocycles. The van der Waals surface area contributed by atoms with Gasteiger partial charge in [0.2, 0.25) is 0 Å². The average molecular weight is 367 g/mol. The average Bonchev–Trinajstić information content (AvgIpc) is 2.61. The summed E-state index contributed by atoms with van der Waals surface area (Å²) in [5, 5.41) is 3.54. The molecule has 4 saturated carbocycles. The van der Waals surface area contributed by atoms with Crippen LogP contribution >= 0.6 is 0 Å². The molecular weight excluding hydrogens is 338 g/mol. The summed E-state index contributed by atoms with van der Waals surface area (Å²) in [5.41, 5.74) is 1.30. The molecule has 5 heteroatoms. The Morgan fingerprint density at radius 2 is 1.63 bits per heavy atom. The Kier molecular flexibility index (Phi) is 3.37. The second-order valence-corrected chi connectivity index (χ2v) is 10.2. The summed E-state index contributed by atoms with van der Waals surface area (Å²) in [7, 11) is 0. The van der Waals surface area contributed by atoms with E-state index in [1.807, 2.05) is 10.6 Å². The van der Waals surface area contributed by atoms with Gasteiger partial charge in [0.25, 0.3) is 5.56 Å². The minimum atomic E-state index is 0.0766. The van der Waals surface area contributed by atoms with E-state index in [1.165, 1.54) is 38.5 Å². The maximum Gasteiger partial charge on any atom is 0.317 e. The maximum atomic E-state index is 13.2. The lowest BCUT2D eigenvalue weighted by molar-refractivity contribution is -0.0168. The van der Waals surface area contributed by atoms with Gasteiger partial charge in [-0.1, -0.05) is 6.07 Å². The fourth-order valence-corrected chi connectivity index (χ4v) is 7.63. The molecule has 6 aliphatic rings. The Balaban J connectivity index is 1.21. The van der Waals surface area contributed by atoms with E-state index in [9.17, 15) is 9.59 Å². The summed E-state index contributed by atoms with van der Waals surface area (Å²) >= 11 is 0. The molecule has 1 aromatic heterocycles. The Hall–Kier alpha value is -1.78. The first-order valence-electron chi connectivity index (χ1n) is 10.8. The number of rotatable bonds is 1. The van der Waals surface area contributed by atoms with Crippen molar-refractivity contribution < 1.29 is 4.79 Å². The van der Waals surface area contributed by atoms with E-state index in [2.05, 4.69) is 16.3 Å². The number of pyridine rings is 1. The molecule has 0 unspecified atom stereocenters. The first kappa shape index (κ1) is 16.2. The van der Waals surface area contributed by atoms with Crippen LogP contribution in [0.4, 0.5) is 4.79 Å². The first-order chi connectivity index (χ1) is 13.1. The number of nitrogens with zero attached hydrogens (tertiary/aromatic N) is 2. The molecule has 1 aromatic rings. The van der Waals surface area contributed by atoms with Crippen LogP contribution in [0, 0.1) is 23.7 Å². The molecular formula is C22H29N3O2. The second kappa shape index (κ2) is 5.62. The lowest BCUT2D eigenvalue weighted by Gasteiger charge is -2.57. The fraction of sp³-hybridized carbons (Fsp3) is 0.727. The lowest BCUT2D eigenvalue weighted by Crippen LogP contribution is -2.63. The third kappa shape index (κ3) is 2.57. The van der Waals surface area contributed by atoms with Gasteiger partial charge in [0.1, 0.15) is 0 Å². The number of fused-ring (bicyclic) bond motifs is 4. The number of hydrogen-bond donors (Lipinski definition) is 1. The molecule has 6 bridgehead atoms. The van der Waals surface area contributed by atoms with E-state index in [-0.39, 0.29) is 17.1 Å². The minimum Gasteiger partial charge on any atom is -0.333 e. The van der Waals surface area contributed by atoms with Crippen molar-refractivity contribution in [2.45, 2.75) is 62.9 Å². The number of aromatic nitrogens is 1. The van der Waals surface area contributed by atoms with E-state index in [0.717, 1.165) is 49.5 Å². The summed E-state index contributed by atoms with van der Waals surface area (Å²) in [6.07, 6.45) is 8.89. The Morgan fingerprint density at radius 3 is 2.33 bits per heavy atom. The topological polar surface area (TPSA) is 54.3 Å². The summed E-state index contributed by atoms with van der Waals surface area (Å²) in [6, 6.07) is 5.74. The molecule has 0 spiro atoms. The number of carbonyl (C=O) groups is 1. The normalized spacial score (nSPS) is 41.3. The van der Waals surface area contributed by atoms with Gasteiger partial charge in [-0.15, -0.1) is 0 Å². The fourth-order valence-electron chi connectivity index (χ4n) is 7.63. The Labute approximate surface area is 160 Å². The molecule has 2 amide bonds. The third-order valence-electron chi connectivity index (χ3n) is 8.18. The summed E-state index contributed by atoms with van der Waals surface area (Å²) < 4.78 is 1.94. The Bertz CT molecular complexity index is 809. The summed E-state index contributed by atoms with van der Waals surface area (Å²) in [4.78, 5) is 27.5. The predicted molar refractivity (Wildman–Crippen MR) is 103 cm³/mol. The van der Waals surface area contributed by atoms with Gasteiger partial charge in [-0.05, 0) is 74.7 Å². The monoisotopic (exact) mass is 367 g/mol. The SMILES string of the molecule is O=C(NC12CC3CC(CC(C3)C1)C2)N1C[C@@H]2C[C@@H](C1)c1cccc(=O)n1C2. The van der Waals surface area contributed by atoms with Crippen LogP contribution in [0.5, 0.6) is 0 Å². The van der Waals surface area contributed by atoms with Crippen molar-refractivity contribution in [2.75, 3.05) is 13.1 Å². The predicted octanol–water partition coefficient (Wildman–Crippen LogP) is 2.95. The van der Waals surface area contributed by atoms with Crippen molar-refractivity contribution in [1.29, 1.82) is 0 Å². The largest absolute Gasteiger partial charge is 0.333 e. The molecule has 7 rings (SSSR count). The van der Waals surface area contributed by atoms with Crippen molar-refractivity contribution >= 4 is 6.03 Å². The molecule has 1 saturated heterocycles. The number of piperidine rings is 1. The summed E-state index contributed by atoms with van der Waals surface area (Å²) in [6.45, 7) is 2.29. The van der Waals surface area contributed by atoms with Crippen LogP contribution in [0.15, 0.2) is 23.0 Å². The zero-order valence-electron chi connectivity index (χ0n) is 15.9. The van der Waals surface area contributed by atoms with Crippen LogP contribution < -0.4 is 10.9 Å². The van der Waals surface area contributed by atoms with Crippen molar-refractivity contribution in [1.82, 2.24) is 14.8 Å². The van der Waals surface area contributed by atoms with E-state index in [4.69, 9.17) is 0 Å². The number of likely N-dealkylation sites (tertiary alicyclic amines) is 1. The van der Waals surface area contributed by atoms with Gasteiger partial charge in [-0.3, -0.25) is 4.79 Å². The van der Waals surface area contributed by atoms with Gasteiger partial charge in [-0.25, -0.2) is 4.79 Å². The van der Waals surface area contributed by atoms with E-state index >= 15 is 0 Å². The molecule has 5 fully saturated rings. The van der Waals surface area contributed by atoms with Crippen LogP contribution in [-0.2, 0) is 6.54 Å². The highest BCUT2D eigenvalue weighted by molar-refractivity contribution is 5.75. The zero-order chi connectivity index (χ0) is 18.2. The highest BCUT2D eigenvalue weighted by Gasteiger charge is 2.52. The van der Waals surface area contributed by atoms with Gasteiger partial charge in [0.05, 0.1) is 0 Å². The highest BCUT2D eigenvalue weighted by atomic mass is 16.2. The number of hydrogen-bond acceptors (Lipinski definition) is 2. The zero-order valence-corrected chi connectivity index (χ0v) is 15.9. The molecule has 2 atom stereocenters. The van der Waals surface area contributed by atoms with Crippen molar-refractivity contribution in [2.24, 2.45) is 23.7 Å². The number of urea groups is 1. The molecule has 1 N–H and O–H groups in total. The molecule has 0 radical (unpaired) electrons. The molecule has 27 heavy (non-hydrogen) atoms. The van der Waals surface area contributed by atoms with E-state index in [0.29, 0.717) is 11.8 Å². The number of nitrogens with one attached hydrogen (secondary N) is 1. The molecule has 4 aliphatic carbocycles. The standard InChI is InChI=1S/C22H29N3O2/c26-20-3-1-2-19-18-7-17(12-25(19)20)11-24(13-18)21(27)23-22-8-14-4-15(9-22)6-16(5-14)10-22/h1-3,14-18H,4-13H2,(H,23,27)/t14?,15?,16?,17-,18-,22?/m0/s1. The second-order valence-electron chi connectivity index (χ2n) is 10.2. The van der Waals surface area contributed by atoms with Crippen molar-refractivity contribution in [3.8, 4) is 0 Å². The highest BCUT2D eigenvalue weighted by Crippen LogP contribution is 2.55. The van der Waals surface area contributed by atoms with Crippen molar-refractivity contribution in [3.63, 3.8) is 0 Å². The van der Waals surface area contributed by atoms with Crippen LogP contribution in [0.1, 0.15) is 56.6 Å². The van der Waals surface area contributed by atoms with E-state index < -0.39 is 0 Å². The quantitative estimate of drug-likeness (QED) is 0.830. The van der Waals surface area contributed by atoms with Gasteiger partial charge < -0.3 is 14.8 Å². The maximum absolute atomic E-state index is 13.2.